The standard InChI is InChI=1S/C19H33N3O2/c1-7-20-18(22-12-19(5,6)13-23)21-11-16-9-8-15(4)10-17(16)24-14(2)3/h8-10,14,23H,7,11-13H2,1-6H3,(H2,20,21,22). The van der Waals surface area contributed by atoms with E-state index in [1.54, 1.807) is 0 Å². The molecule has 0 aliphatic rings. The van der Waals surface area contributed by atoms with Crippen LogP contribution < -0.4 is 15.4 Å². The number of aliphatic hydroxyl groups is 1. The van der Waals surface area contributed by atoms with Crippen molar-refractivity contribution in [3.8, 4) is 5.75 Å². The molecule has 1 rings (SSSR count). The van der Waals surface area contributed by atoms with Crippen molar-refractivity contribution < 1.29 is 9.84 Å². The van der Waals surface area contributed by atoms with Gasteiger partial charge >= 0.3 is 0 Å². The van der Waals surface area contributed by atoms with Crippen molar-refractivity contribution in [2.45, 2.75) is 54.2 Å². The Morgan fingerprint density at radius 2 is 2.00 bits per heavy atom. The van der Waals surface area contributed by atoms with Gasteiger partial charge in [-0.2, -0.15) is 0 Å². The van der Waals surface area contributed by atoms with Crippen LogP contribution in [0.15, 0.2) is 23.2 Å². The Morgan fingerprint density at radius 1 is 1.29 bits per heavy atom. The molecule has 0 spiro atoms. The number of aliphatic imine (C=N–C) groups is 1. The topological polar surface area (TPSA) is 65.9 Å². The first-order chi connectivity index (χ1) is 11.3. The summed E-state index contributed by atoms with van der Waals surface area (Å²) in [6, 6.07) is 6.20. The Bertz CT molecular complexity index is 539. The number of nitrogens with one attached hydrogen (secondary N) is 2. The van der Waals surface area contributed by atoms with Crippen LogP contribution in [0.2, 0.25) is 0 Å². The molecule has 5 nitrogen and oxygen atoms in total. The minimum absolute atomic E-state index is 0.129. The van der Waals surface area contributed by atoms with Crippen molar-refractivity contribution in [1.29, 1.82) is 0 Å². The van der Waals surface area contributed by atoms with Crippen LogP contribution in [0.4, 0.5) is 0 Å². The number of guanidine groups is 1. The highest BCUT2D eigenvalue weighted by Gasteiger charge is 2.16. The van der Waals surface area contributed by atoms with Gasteiger partial charge in [0.25, 0.3) is 0 Å². The second-order valence-electron chi connectivity index (χ2n) is 7.15. The van der Waals surface area contributed by atoms with Crippen LogP contribution in [0.3, 0.4) is 0 Å². The molecule has 0 radical (unpaired) electrons. The maximum Gasteiger partial charge on any atom is 0.191 e. The average Bonchev–Trinajstić information content (AvgIpc) is 2.51. The highest BCUT2D eigenvalue weighted by Crippen LogP contribution is 2.22. The molecule has 0 amide bonds. The predicted molar refractivity (Wildman–Crippen MR) is 101 cm³/mol. The lowest BCUT2D eigenvalue weighted by molar-refractivity contribution is 0.162. The van der Waals surface area contributed by atoms with Crippen LogP contribution in [0.1, 0.15) is 45.7 Å². The number of ether oxygens (including phenoxy) is 1. The highest BCUT2D eigenvalue weighted by atomic mass is 16.5. The van der Waals surface area contributed by atoms with Gasteiger partial charge in [0, 0.05) is 30.7 Å². The molecule has 0 unspecified atom stereocenters. The normalized spacial score (nSPS) is 12.4. The molecule has 1 aromatic carbocycles. The average molecular weight is 335 g/mol. The quantitative estimate of drug-likeness (QED) is 0.505. The van der Waals surface area contributed by atoms with Gasteiger partial charge in [-0.15, -0.1) is 0 Å². The second-order valence-corrected chi connectivity index (χ2v) is 7.15. The van der Waals surface area contributed by atoms with E-state index in [4.69, 9.17) is 4.74 Å². The van der Waals surface area contributed by atoms with Crippen LogP contribution in [-0.4, -0.2) is 36.9 Å². The van der Waals surface area contributed by atoms with Crippen LogP contribution in [0.5, 0.6) is 5.75 Å². The van der Waals surface area contributed by atoms with E-state index < -0.39 is 0 Å². The van der Waals surface area contributed by atoms with E-state index in [9.17, 15) is 5.11 Å². The summed E-state index contributed by atoms with van der Waals surface area (Å²) in [5, 5.41) is 15.9. The Hall–Kier alpha value is -1.75. The Kier molecular flexibility index (Phi) is 8.05. The number of nitrogens with zero attached hydrogens (tertiary/aromatic N) is 1. The maximum atomic E-state index is 9.37. The zero-order valence-corrected chi connectivity index (χ0v) is 15.9. The molecule has 0 aliphatic carbocycles. The fourth-order valence-corrected chi connectivity index (χ4v) is 2.04. The summed E-state index contributed by atoms with van der Waals surface area (Å²) in [6.07, 6.45) is 0.131. The molecule has 0 atom stereocenters. The summed E-state index contributed by atoms with van der Waals surface area (Å²) < 4.78 is 5.91. The number of aliphatic hydroxyl groups excluding tert-OH is 1. The SMILES string of the molecule is CCNC(=NCc1ccc(C)cc1OC(C)C)NCC(C)(C)CO. The minimum atomic E-state index is -0.189. The summed E-state index contributed by atoms with van der Waals surface area (Å²) in [7, 11) is 0. The van der Waals surface area contributed by atoms with E-state index in [1.165, 1.54) is 5.56 Å². The van der Waals surface area contributed by atoms with E-state index in [1.807, 2.05) is 34.6 Å². The minimum Gasteiger partial charge on any atom is -0.491 e. The summed E-state index contributed by atoms with van der Waals surface area (Å²) in [5.74, 6) is 1.63. The summed E-state index contributed by atoms with van der Waals surface area (Å²) in [5.41, 5.74) is 2.05. The molecule has 3 N–H and O–H groups in total. The first-order valence-corrected chi connectivity index (χ1v) is 8.66. The zero-order valence-electron chi connectivity index (χ0n) is 15.9. The summed E-state index contributed by atoms with van der Waals surface area (Å²) >= 11 is 0. The molecule has 1 aromatic rings. The largest absolute Gasteiger partial charge is 0.491 e. The van der Waals surface area contributed by atoms with Gasteiger partial charge < -0.3 is 20.5 Å². The molecule has 136 valence electrons. The number of hydrogen-bond donors (Lipinski definition) is 3. The van der Waals surface area contributed by atoms with Crippen molar-refractivity contribution in [3.05, 3.63) is 29.3 Å². The van der Waals surface area contributed by atoms with Gasteiger partial charge in [0.1, 0.15) is 5.75 Å². The van der Waals surface area contributed by atoms with Gasteiger partial charge in [-0.25, -0.2) is 4.99 Å². The maximum absolute atomic E-state index is 9.37. The van der Waals surface area contributed by atoms with Gasteiger partial charge in [0.15, 0.2) is 5.96 Å². The lowest BCUT2D eigenvalue weighted by Crippen LogP contribution is -2.43. The summed E-state index contributed by atoms with van der Waals surface area (Å²) in [4.78, 5) is 4.65. The van der Waals surface area contributed by atoms with Crippen LogP contribution in [-0.2, 0) is 6.54 Å². The zero-order chi connectivity index (χ0) is 18.2. The van der Waals surface area contributed by atoms with E-state index in [2.05, 4.69) is 40.7 Å². The first kappa shape index (κ1) is 20.3. The molecule has 0 bridgehead atoms. The third kappa shape index (κ3) is 7.21. The highest BCUT2D eigenvalue weighted by molar-refractivity contribution is 5.79. The number of rotatable bonds is 8. The molecule has 0 saturated carbocycles. The third-order valence-electron chi connectivity index (χ3n) is 3.50. The molecule has 0 heterocycles. The number of aryl methyl sites for hydroxylation is 1. The van der Waals surface area contributed by atoms with Crippen molar-refractivity contribution in [1.82, 2.24) is 10.6 Å². The van der Waals surface area contributed by atoms with Gasteiger partial charge in [-0.1, -0.05) is 26.0 Å². The fraction of sp³-hybridized carbons (Fsp3) is 0.632. The molecule has 24 heavy (non-hydrogen) atoms. The first-order valence-electron chi connectivity index (χ1n) is 8.66. The van der Waals surface area contributed by atoms with Crippen LogP contribution in [0, 0.1) is 12.3 Å². The Morgan fingerprint density at radius 3 is 2.58 bits per heavy atom. The van der Waals surface area contributed by atoms with Crippen molar-refractivity contribution >= 4 is 5.96 Å². The molecular weight excluding hydrogens is 302 g/mol. The summed E-state index contributed by atoms with van der Waals surface area (Å²) in [6.45, 7) is 14.3. The van der Waals surface area contributed by atoms with E-state index in [0.29, 0.717) is 13.1 Å². The molecule has 0 fully saturated rings. The van der Waals surface area contributed by atoms with Gasteiger partial charge in [0.2, 0.25) is 0 Å². The monoisotopic (exact) mass is 335 g/mol. The number of hydrogen-bond acceptors (Lipinski definition) is 3. The predicted octanol–water partition coefficient (Wildman–Crippen LogP) is 2.86. The fourth-order valence-electron chi connectivity index (χ4n) is 2.04. The number of benzene rings is 1. The lowest BCUT2D eigenvalue weighted by Gasteiger charge is -2.23. The lowest BCUT2D eigenvalue weighted by atomic mass is 9.95. The van der Waals surface area contributed by atoms with Crippen LogP contribution in [0.25, 0.3) is 0 Å². The molecule has 0 saturated heterocycles. The van der Waals surface area contributed by atoms with Gasteiger partial charge in [0.05, 0.1) is 12.6 Å². The van der Waals surface area contributed by atoms with Crippen molar-refractivity contribution in [3.63, 3.8) is 0 Å². The molecule has 0 aromatic heterocycles. The third-order valence-corrected chi connectivity index (χ3v) is 3.50. The van der Waals surface area contributed by atoms with Crippen LogP contribution >= 0.6 is 0 Å². The molecule has 0 aliphatic heterocycles. The smallest absolute Gasteiger partial charge is 0.191 e. The van der Waals surface area contributed by atoms with E-state index in [0.717, 1.165) is 23.8 Å². The van der Waals surface area contributed by atoms with Crippen molar-refractivity contribution in [2.24, 2.45) is 10.4 Å². The van der Waals surface area contributed by atoms with E-state index in [-0.39, 0.29) is 18.1 Å². The van der Waals surface area contributed by atoms with E-state index >= 15 is 0 Å². The van der Waals surface area contributed by atoms with Gasteiger partial charge in [-0.05, 0) is 39.3 Å². The van der Waals surface area contributed by atoms with Gasteiger partial charge in [-0.3, -0.25) is 0 Å². The Balaban J connectivity index is 2.85. The molecular formula is C19H33N3O2. The molecule has 5 heteroatoms. The Labute approximate surface area is 146 Å². The second kappa shape index (κ2) is 9.52. The van der Waals surface area contributed by atoms with Crippen molar-refractivity contribution in [2.75, 3.05) is 19.7 Å².